The summed E-state index contributed by atoms with van der Waals surface area (Å²) in [6.07, 6.45) is 0. The molecule has 0 unspecified atom stereocenters. The number of amides is 1. The SMILES string of the molecule is O=C(Nc1ccc(-c2nc3ccccc3[nH]2)cc1)c1ccc(Cl)cc1. The lowest BCUT2D eigenvalue weighted by Gasteiger charge is -2.06. The molecule has 0 aliphatic heterocycles. The highest BCUT2D eigenvalue weighted by atomic mass is 35.5. The molecule has 0 bridgehead atoms. The predicted molar refractivity (Wildman–Crippen MR) is 101 cm³/mol. The van der Waals surface area contributed by atoms with Gasteiger partial charge in [0.1, 0.15) is 5.82 Å². The van der Waals surface area contributed by atoms with Gasteiger partial charge < -0.3 is 10.3 Å². The van der Waals surface area contributed by atoms with Crippen LogP contribution in [0.4, 0.5) is 5.69 Å². The number of aromatic amines is 1. The molecule has 4 rings (SSSR count). The Bertz CT molecular complexity index is 1000. The zero-order chi connectivity index (χ0) is 17.2. The molecule has 3 aromatic carbocycles. The number of anilines is 1. The van der Waals surface area contributed by atoms with Crippen LogP contribution in [0, 0.1) is 0 Å². The van der Waals surface area contributed by atoms with Crippen molar-refractivity contribution in [1.29, 1.82) is 0 Å². The Morgan fingerprint density at radius 3 is 2.36 bits per heavy atom. The van der Waals surface area contributed by atoms with Crippen LogP contribution in [0.3, 0.4) is 0 Å². The fourth-order valence-corrected chi connectivity index (χ4v) is 2.73. The average Bonchev–Trinajstić information content (AvgIpc) is 3.07. The molecule has 0 spiro atoms. The zero-order valence-electron chi connectivity index (χ0n) is 13.2. The number of nitrogens with zero attached hydrogens (tertiary/aromatic N) is 1. The van der Waals surface area contributed by atoms with Crippen LogP contribution in [0.1, 0.15) is 10.4 Å². The maximum atomic E-state index is 12.2. The third kappa shape index (κ3) is 3.25. The van der Waals surface area contributed by atoms with Crippen molar-refractivity contribution in [2.75, 3.05) is 5.32 Å². The van der Waals surface area contributed by atoms with Crippen LogP contribution in [0.5, 0.6) is 0 Å². The van der Waals surface area contributed by atoms with E-state index in [4.69, 9.17) is 11.6 Å². The first-order valence-corrected chi connectivity index (χ1v) is 8.19. The van der Waals surface area contributed by atoms with Crippen LogP contribution in [-0.2, 0) is 0 Å². The van der Waals surface area contributed by atoms with Crippen LogP contribution in [0.25, 0.3) is 22.4 Å². The van der Waals surface area contributed by atoms with Crippen LogP contribution >= 0.6 is 11.6 Å². The number of carbonyl (C=O) groups excluding carboxylic acids is 1. The maximum absolute atomic E-state index is 12.2. The largest absolute Gasteiger partial charge is 0.338 e. The molecule has 25 heavy (non-hydrogen) atoms. The standard InChI is InChI=1S/C20H14ClN3O/c21-15-9-5-14(6-10-15)20(25)22-16-11-7-13(8-12-16)19-23-17-3-1-2-4-18(17)24-19/h1-12H,(H,22,25)(H,23,24). The van der Waals surface area contributed by atoms with Crippen molar-refractivity contribution in [2.45, 2.75) is 0 Å². The van der Waals surface area contributed by atoms with Crippen molar-refractivity contribution < 1.29 is 4.79 Å². The molecule has 0 fully saturated rings. The lowest BCUT2D eigenvalue weighted by atomic mass is 10.1. The smallest absolute Gasteiger partial charge is 0.255 e. The van der Waals surface area contributed by atoms with Gasteiger partial charge in [0.2, 0.25) is 0 Å². The van der Waals surface area contributed by atoms with Gasteiger partial charge >= 0.3 is 0 Å². The molecule has 0 radical (unpaired) electrons. The van der Waals surface area contributed by atoms with E-state index in [2.05, 4.69) is 15.3 Å². The molecule has 0 aliphatic rings. The van der Waals surface area contributed by atoms with Gasteiger partial charge in [0.15, 0.2) is 0 Å². The minimum absolute atomic E-state index is 0.173. The van der Waals surface area contributed by atoms with Crippen molar-refractivity contribution >= 4 is 34.2 Å². The highest BCUT2D eigenvalue weighted by Crippen LogP contribution is 2.22. The van der Waals surface area contributed by atoms with E-state index in [0.29, 0.717) is 10.6 Å². The number of fused-ring (bicyclic) bond motifs is 1. The molecular weight excluding hydrogens is 334 g/mol. The Kier molecular flexibility index (Phi) is 3.96. The number of carbonyl (C=O) groups is 1. The average molecular weight is 348 g/mol. The molecule has 4 aromatic rings. The summed E-state index contributed by atoms with van der Waals surface area (Å²) in [5.41, 5.74) is 4.17. The van der Waals surface area contributed by atoms with Crippen LogP contribution in [-0.4, -0.2) is 15.9 Å². The fraction of sp³-hybridized carbons (Fsp3) is 0. The Hall–Kier alpha value is -3.11. The second-order valence-electron chi connectivity index (χ2n) is 5.64. The van der Waals surface area contributed by atoms with E-state index in [-0.39, 0.29) is 5.91 Å². The molecule has 0 atom stereocenters. The van der Waals surface area contributed by atoms with E-state index in [1.807, 2.05) is 48.5 Å². The normalized spacial score (nSPS) is 10.8. The molecule has 0 saturated carbocycles. The van der Waals surface area contributed by atoms with E-state index in [0.717, 1.165) is 28.1 Å². The summed E-state index contributed by atoms with van der Waals surface area (Å²) >= 11 is 5.84. The van der Waals surface area contributed by atoms with Gasteiger partial charge in [-0.2, -0.15) is 0 Å². The van der Waals surface area contributed by atoms with Gasteiger partial charge in [-0.3, -0.25) is 4.79 Å². The molecule has 0 saturated heterocycles. The Morgan fingerprint density at radius 2 is 1.64 bits per heavy atom. The number of para-hydroxylation sites is 2. The molecule has 0 aliphatic carbocycles. The Morgan fingerprint density at radius 1 is 0.920 bits per heavy atom. The quantitative estimate of drug-likeness (QED) is 0.539. The van der Waals surface area contributed by atoms with Crippen LogP contribution in [0.15, 0.2) is 72.8 Å². The zero-order valence-corrected chi connectivity index (χ0v) is 13.9. The van der Waals surface area contributed by atoms with Gasteiger partial charge in [0.05, 0.1) is 11.0 Å². The van der Waals surface area contributed by atoms with E-state index >= 15 is 0 Å². The summed E-state index contributed by atoms with van der Waals surface area (Å²) in [5, 5.41) is 3.47. The molecule has 2 N–H and O–H groups in total. The highest BCUT2D eigenvalue weighted by molar-refractivity contribution is 6.30. The minimum atomic E-state index is -0.173. The van der Waals surface area contributed by atoms with Crippen molar-refractivity contribution in [3.63, 3.8) is 0 Å². The van der Waals surface area contributed by atoms with E-state index in [9.17, 15) is 4.79 Å². The molecular formula is C20H14ClN3O. The van der Waals surface area contributed by atoms with E-state index in [1.165, 1.54) is 0 Å². The number of imidazole rings is 1. The van der Waals surface area contributed by atoms with Gasteiger partial charge in [-0.1, -0.05) is 23.7 Å². The third-order valence-corrected chi connectivity index (χ3v) is 4.16. The lowest BCUT2D eigenvalue weighted by molar-refractivity contribution is 0.102. The first kappa shape index (κ1) is 15.4. The summed E-state index contributed by atoms with van der Waals surface area (Å²) in [6, 6.07) is 22.2. The number of nitrogens with one attached hydrogen (secondary N) is 2. The summed E-state index contributed by atoms with van der Waals surface area (Å²) < 4.78 is 0. The van der Waals surface area contributed by atoms with Crippen LogP contribution < -0.4 is 5.32 Å². The minimum Gasteiger partial charge on any atom is -0.338 e. The summed E-state index contributed by atoms with van der Waals surface area (Å²) in [4.78, 5) is 20.1. The summed E-state index contributed by atoms with van der Waals surface area (Å²) in [7, 11) is 0. The van der Waals surface area contributed by atoms with Gasteiger partial charge in [0.25, 0.3) is 5.91 Å². The second-order valence-corrected chi connectivity index (χ2v) is 6.08. The number of halogens is 1. The Labute approximate surface area is 149 Å². The summed E-state index contributed by atoms with van der Waals surface area (Å²) in [6.45, 7) is 0. The van der Waals surface area contributed by atoms with E-state index in [1.54, 1.807) is 24.3 Å². The van der Waals surface area contributed by atoms with Gasteiger partial charge in [-0.05, 0) is 60.7 Å². The highest BCUT2D eigenvalue weighted by Gasteiger charge is 2.08. The lowest BCUT2D eigenvalue weighted by Crippen LogP contribution is -2.11. The number of hydrogen-bond acceptors (Lipinski definition) is 2. The number of rotatable bonds is 3. The van der Waals surface area contributed by atoms with Crippen molar-refractivity contribution in [3.8, 4) is 11.4 Å². The molecule has 5 heteroatoms. The summed E-state index contributed by atoms with van der Waals surface area (Å²) in [5.74, 6) is 0.630. The van der Waals surface area contributed by atoms with E-state index < -0.39 is 0 Å². The van der Waals surface area contributed by atoms with Gasteiger partial charge in [0, 0.05) is 21.8 Å². The van der Waals surface area contributed by atoms with Gasteiger partial charge in [-0.15, -0.1) is 0 Å². The predicted octanol–water partition coefficient (Wildman–Crippen LogP) is 5.14. The van der Waals surface area contributed by atoms with Gasteiger partial charge in [-0.25, -0.2) is 4.98 Å². The van der Waals surface area contributed by atoms with Crippen molar-refractivity contribution in [1.82, 2.24) is 9.97 Å². The topological polar surface area (TPSA) is 57.8 Å². The Balaban J connectivity index is 1.53. The molecule has 1 heterocycles. The second kappa shape index (κ2) is 6.42. The molecule has 1 aromatic heterocycles. The first-order chi connectivity index (χ1) is 12.2. The van der Waals surface area contributed by atoms with Crippen LogP contribution in [0.2, 0.25) is 5.02 Å². The first-order valence-electron chi connectivity index (χ1n) is 7.81. The fourth-order valence-electron chi connectivity index (χ4n) is 2.61. The number of H-pyrrole nitrogens is 1. The van der Waals surface area contributed by atoms with Crippen molar-refractivity contribution in [2.24, 2.45) is 0 Å². The number of hydrogen-bond donors (Lipinski definition) is 2. The molecule has 122 valence electrons. The maximum Gasteiger partial charge on any atom is 0.255 e. The third-order valence-electron chi connectivity index (χ3n) is 3.91. The van der Waals surface area contributed by atoms with Crippen molar-refractivity contribution in [3.05, 3.63) is 83.4 Å². The monoisotopic (exact) mass is 347 g/mol. The number of benzene rings is 3. The number of aromatic nitrogens is 2. The molecule has 4 nitrogen and oxygen atoms in total. The molecule has 1 amide bonds.